The number of nitrogens with one attached hydrogen (secondary N) is 1. The van der Waals surface area contributed by atoms with E-state index in [-0.39, 0.29) is 18.3 Å². The molecule has 4 heteroatoms. The zero-order valence-electron chi connectivity index (χ0n) is 8.91. The Morgan fingerprint density at radius 2 is 2.19 bits per heavy atom. The first kappa shape index (κ1) is 11.1. The summed E-state index contributed by atoms with van der Waals surface area (Å²) in [5.74, 6) is 0.00644. The van der Waals surface area contributed by atoms with Crippen molar-refractivity contribution in [1.82, 2.24) is 5.32 Å². The molecule has 0 radical (unpaired) electrons. The molecule has 1 saturated heterocycles. The van der Waals surface area contributed by atoms with Crippen molar-refractivity contribution < 1.29 is 13.9 Å². The predicted molar refractivity (Wildman–Crippen MR) is 57.2 cm³/mol. The van der Waals surface area contributed by atoms with Crippen LogP contribution in [0.1, 0.15) is 12.0 Å². The van der Waals surface area contributed by atoms with Gasteiger partial charge in [-0.05, 0) is 6.07 Å². The molecule has 3 nitrogen and oxygen atoms in total. The summed E-state index contributed by atoms with van der Waals surface area (Å²) in [6.45, 7) is 1.57. The lowest BCUT2D eigenvalue weighted by molar-refractivity contribution is -0.126. The van der Waals surface area contributed by atoms with Crippen molar-refractivity contribution in [3.8, 4) is 0 Å². The fraction of sp³-hybridized carbons (Fsp3) is 0.417. The van der Waals surface area contributed by atoms with Crippen LogP contribution in [0.15, 0.2) is 24.3 Å². The first-order valence-corrected chi connectivity index (χ1v) is 5.33. The zero-order valence-corrected chi connectivity index (χ0v) is 8.91. The van der Waals surface area contributed by atoms with E-state index in [1.807, 2.05) is 0 Å². The average molecular weight is 223 g/mol. The second-order valence-corrected chi connectivity index (χ2v) is 3.98. The van der Waals surface area contributed by atoms with Gasteiger partial charge in [-0.1, -0.05) is 18.2 Å². The van der Waals surface area contributed by atoms with Crippen molar-refractivity contribution in [3.05, 3.63) is 35.6 Å². The van der Waals surface area contributed by atoms with Crippen LogP contribution in [-0.4, -0.2) is 19.1 Å². The Morgan fingerprint density at radius 3 is 2.81 bits per heavy atom. The summed E-state index contributed by atoms with van der Waals surface area (Å²) >= 11 is 0. The van der Waals surface area contributed by atoms with Gasteiger partial charge in [-0.3, -0.25) is 4.79 Å². The van der Waals surface area contributed by atoms with Gasteiger partial charge in [-0.25, -0.2) is 4.39 Å². The zero-order chi connectivity index (χ0) is 11.4. The van der Waals surface area contributed by atoms with Gasteiger partial charge in [0.15, 0.2) is 0 Å². The highest BCUT2D eigenvalue weighted by Gasteiger charge is 2.21. The van der Waals surface area contributed by atoms with E-state index < -0.39 is 0 Å². The number of hydrogen-bond donors (Lipinski definition) is 1. The molecule has 1 aromatic carbocycles. The van der Waals surface area contributed by atoms with Gasteiger partial charge in [0.05, 0.1) is 13.2 Å². The minimum Gasteiger partial charge on any atom is -0.381 e. The Kier molecular flexibility index (Phi) is 3.51. The number of rotatable bonds is 4. The van der Waals surface area contributed by atoms with Crippen molar-refractivity contribution in [2.24, 2.45) is 5.92 Å². The Balaban J connectivity index is 1.78. The van der Waals surface area contributed by atoms with Gasteiger partial charge >= 0.3 is 0 Å². The van der Waals surface area contributed by atoms with E-state index in [0.29, 0.717) is 31.1 Å². The van der Waals surface area contributed by atoms with Crippen LogP contribution in [0.4, 0.5) is 4.39 Å². The van der Waals surface area contributed by atoms with Crippen LogP contribution >= 0.6 is 0 Å². The third-order valence-electron chi connectivity index (χ3n) is 2.62. The highest BCUT2D eigenvalue weighted by atomic mass is 19.1. The van der Waals surface area contributed by atoms with Crippen molar-refractivity contribution in [3.63, 3.8) is 0 Å². The summed E-state index contributed by atoms with van der Waals surface area (Å²) in [6, 6.07) is 6.44. The lowest BCUT2D eigenvalue weighted by Gasteiger charge is -2.25. The van der Waals surface area contributed by atoms with Crippen LogP contribution in [0.25, 0.3) is 0 Å². The van der Waals surface area contributed by atoms with E-state index in [1.165, 1.54) is 6.07 Å². The molecule has 0 aliphatic carbocycles. The Bertz CT molecular complexity index is 377. The van der Waals surface area contributed by atoms with Crippen LogP contribution < -0.4 is 5.32 Å². The molecule has 1 amide bonds. The van der Waals surface area contributed by atoms with Crippen molar-refractivity contribution in [1.29, 1.82) is 0 Å². The van der Waals surface area contributed by atoms with Gasteiger partial charge < -0.3 is 10.1 Å². The highest BCUT2D eigenvalue weighted by molar-refractivity contribution is 5.76. The van der Waals surface area contributed by atoms with Crippen LogP contribution in [-0.2, 0) is 16.1 Å². The molecule has 0 aromatic heterocycles. The number of halogens is 1. The number of carbonyl (C=O) groups excluding carboxylic acids is 1. The summed E-state index contributed by atoms with van der Waals surface area (Å²) in [5.41, 5.74) is 0.515. The molecule has 1 fully saturated rings. The number of amides is 1. The molecule has 86 valence electrons. The summed E-state index contributed by atoms with van der Waals surface area (Å²) < 4.78 is 18.2. The average Bonchev–Trinajstić information content (AvgIpc) is 2.22. The summed E-state index contributed by atoms with van der Waals surface area (Å²) in [5, 5.41) is 2.70. The van der Waals surface area contributed by atoms with Gasteiger partial charge in [0, 0.05) is 24.4 Å². The molecule has 0 bridgehead atoms. The van der Waals surface area contributed by atoms with Crippen LogP contribution in [0, 0.1) is 11.7 Å². The van der Waals surface area contributed by atoms with E-state index in [2.05, 4.69) is 5.32 Å². The van der Waals surface area contributed by atoms with Crippen molar-refractivity contribution in [2.75, 3.05) is 13.2 Å². The van der Waals surface area contributed by atoms with Gasteiger partial charge in [-0.15, -0.1) is 0 Å². The SMILES string of the molecule is O=C(CC1COC1)NCc1ccccc1F. The minimum atomic E-state index is -0.283. The molecule has 0 atom stereocenters. The molecule has 0 spiro atoms. The summed E-state index contributed by atoms with van der Waals surface area (Å²) in [7, 11) is 0. The van der Waals surface area contributed by atoms with Crippen LogP contribution in [0.2, 0.25) is 0 Å². The molecule has 1 N–H and O–H groups in total. The fourth-order valence-electron chi connectivity index (χ4n) is 1.57. The van der Waals surface area contributed by atoms with Gasteiger partial charge in [-0.2, -0.15) is 0 Å². The molecule has 16 heavy (non-hydrogen) atoms. The fourth-order valence-corrected chi connectivity index (χ4v) is 1.57. The number of ether oxygens (including phenoxy) is 1. The van der Waals surface area contributed by atoms with E-state index >= 15 is 0 Å². The lowest BCUT2D eigenvalue weighted by Crippen LogP contribution is -2.34. The van der Waals surface area contributed by atoms with E-state index in [0.717, 1.165) is 0 Å². The molecule has 0 unspecified atom stereocenters. The largest absolute Gasteiger partial charge is 0.381 e. The smallest absolute Gasteiger partial charge is 0.220 e. The Labute approximate surface area is 93.6 Å². The number of benzene rings is 1. The quantitative estimate of drug-likeness (QED) is 0.839. The van der Waals surface area contributed by atoms with E-state index in [4.69, 9.17) is 4.74 Å². The maximum atomic E-state index is 13.2. The van der Waals surface area contributed by atoms with Gasteiger partial charge in [0.25, 0.3) is 0 Å². The normalized spacial score (nSPS) is 15.6. The van der Waals surface area contributed by atoms with E-state index in [9.17, 15) is 9.18 Å². The molecule has 1 aromatic rings. The summed E-state index contributed by atoms with van der Waals surface area (Å²) in [6.07, 6.45) is 0.467. The second kappa shape index (κ2) is 5.07. The molecular formula is C12H14FNO2. The third-order valence-corrected chi connectivity index (χ3v) is 2.62. The van der Waals surface area contributed by atoms with E-state index in [1.54, 1.807) is 18.2 Å². The summed E-state index contributed by atoms with van der Waals surface area (Å²) in [4.78, 5) is 11.4. The predicted octanol–water partition coefficient (Wildman–Crippen LogP) is 1.48. The lowest BCUT2D eigenvalue weighted by atomic mass is 10.0. The van der Waals surface area contributed by atoms with Gasteiger partial charge in [0.1, 0.15) is 5.82 Å². The number of carbonyl (C=O) groups is 1. The highest BCUT2D eigenvalue weighted by Crippen LogP contribution is 2.14. The van der Waals surface area contributed by atoms with Crippen molar-refractivity contribution in [2.45, 2.75) is 13.0 Å². The van der Waals surface area contributed by atoms with Crippen molar-refractivity contribution >= 4 is 5.91 Å². The molecule has 1 heterocycles. The third kappa shape index (κ3) is 2.79. The Hall–Kier alpha value is -1.42. The monoisotopic (exact) mass is 223 g/mol. The maximum absolute atomic E-state index is 13.2. The maximum Gasteiger partial charge on any atom is 0.220 e. The number of hydrogen-bond acceptors (Lipinski definition) is 2. The standard InChI is InChI=1S/C12H14FNO2/c13-11-4-2-1-3-10(11)6-14-12(15)5-9-7-16-8-9/h1-4,9H,5-8H2,(H,14,15). The molecule has 1 aliphatic heterocycles. The molecule has 2 rings (SSSR count). The van der Waals surface area contributed by atoms with Crippen LogP contribution in [0.3, 0.4) is 0 Å². The molecular weight excluding hydrogens is 209 g/mol. The first-order valence-electron chi connectivity index (χ1n) is 5.33. The molecule has 1 aliphatic rings. The van der Waals surface area contributed by atoms with Crippen LogP contribution in [0.5, 0.6) is 0 Å². The Morgan fingerprint density at radius 1 is 1.44 bits per heavy atom. The topological polar surface area (TPSA) is 38.3 Å². The van der Waals surface area contributed by atoms with Gasteiger partial charge in [0.2, 0.25) is 5.91 Å². The molecule has 0 saturated carbocycles. The first-order chi connectivity index (χ1) is 7.75. The minimum absolute atomic E-state index is 0.0449. The second-order valence-electron chi connectivity index (χ2n) is 3.98.